The molecule has 0 saturated carbocycles. The van der Waals surface area contributed by atoms with Gasteiger partial charge in [-0.2, -0.15) is 5.26 Å². The Morgan fingerprint density at radius 1 is 1.17 bits per heavy atom. The third-order valence-corrected chi connectivity index (χ3v) is 5.76. The minimum absolute atomic E-state index is 0.0319. The van der Waals surface area contributed by atoms with E-state index >= 15 is 0 Å². The summed E-state index contributed by atoms with van der Waals surface area (Å²) < 4.78 is 7.54. The fourth-order valence-electron chi connectivity index (χ4n) is 2.60. The first kappa shape index (κ1) is 22.3. The number of benzene rings is 3. The van der Waals surface area contributed by atoms with Gasteiger partial charge in [0.15, 0.2) is 0 Å². The highest BCUT2D eigenvalue weighted by Crippen LogP contribution is 2.33. The Kier molecular flexibility index (Phi) is 7.91. The zero-order valence-electron chi connectivity index (χ0n) is 15.5. The van der Waals surface area contributed by atoms with Crippen LogP contribution in [0.1, 0.15) is 11.1 Å². The van der Waals surface area contributed by atoms with E-state index in [0.29, 0.717) is 28.6 Å². The maximum Gasteiger partial charge on any atom is 0.266 e. The zero-order valence-corrected chi connectivity index (χ0v) is 20.0. The van der Waals surface area contributed by atoms with Gasteiger partial charge in [0.1, 0.15) is 24.0 Å². The van der Waals surface area contributed by atoms with Crippen molar-refractivity contribution in [2.45, 2.75) is 6.61 Å². The Hall–Kier alpha value is -2.34. The normalized spacial score (nSPS) is 10.9. The van der Waals surface area contributed by atoms with Gasteiger partial charge in [-0.05, 0) is 80.0 Å². The van der Waals surface area contributed by atoms with Crippen molar-refractivity contribution in [2.75, 3.05) is 5.32 Å². The minimum Gasteiger partial charge on any atom is -0.487 e. The van der Waals surface area contributed by atoms with Crippen LogP contribution in [0.4, 0.5) is 5.69 Å². The maximum atomic E-state index is 12.5. The molecule has 0 heterocycles. The number of hydrogen-bond donors (Lipinski definition) is 1. The van der Waals surface area contributed by atoms with E-state index in [9.17, 15) is 10.1 Å². The Bertz CT molecular complexity index is 1120. The van der Waals surface area contributed by atoms with Gasteiger partial charge in [0.05, 0.1) is 18.8 Å². The minimum atomic E-state index is -0.527. The molecule has 0 bridgehead atoms. The molecule has 4 nitrogen and oxygen atoms in total. The quantitative estimate of drug-likeness (QED) is 0.194. The number of hydrogen-bond acceptors (Lipinski definition) is 3. The average Bonchev–Trinajstić information content (AvgIpc) is 2.73. The van der Waals surface area contributed by atoms with Crippen LogP contribution in [-0.4, -0.2) is 5.91 Å². The second-order valence-corrected chi connectivity index (χ2v) is 8.62. The number of amides is 1. The molecule has 30 heavy (non-hydrogen) atoms. The van der Waals surface area contributed by atoms with Crippen molar-refractivity contribution in [3.8, 4) is 11.8 Å². The molecule has 0 spiro atoms. The monoisotopic (exact) mass is 592 g/mol. The van der Waals surface area contributed by atoms with E-state index in [1.165, 1.54) is 6.08 Å². The third kappa shape index (κ3) is 5.85. The van der Waals surface area contributed by atoms with Crippen molar-refractivity contribution in [1.29, 1.82) is 5.26 Å². The standard InChI is InChI=1S/C23H15BrClIN2O2/c24-18-11-16(12-20(26)22(18)30-14-15-6-2-1-3-7-15)10-17(13-27)23(29)28-21-9-5-4-8-19(21)25/h1-12H,14H2,(H,28,29)/b17-10+. The van der Waals surface area contributed by atoms with Crippen molar-refractivity contribution in [3.05, 3.63) is 96.5 Å². The Morgan fingerprint density at radius 3 is 2.53 bits per heavy atom. The van der Waals surface area contributed by atoms with Gasteiger partial charge in [-0.1, -0.05) is 54.1 Å². The SMILES string of the molecule is N#C/C(=C\c1cc(Br)c(OCc2ccccc2)c(I)c1)C(=O)Nc1ccccc1Cl. The number of nitriles is 1. The van der Waals surface area contributed by atoms with Gasteiger partial charge in [-0.3, -0.25) is 4.79 Å². The lowest BCUT2D eigenvalue weighted by atomic mass is 10.1. The number of nitrogens with one attached hydrogen (secondary N) is 1. The van der Waals surface area contributed by atoms with Gasteiger partial charge in [-0.25, -0.2) is 0 Å². The second kappa shape index (κ2) is 10.6. The molecule has 0 fully saturated rings. The van der Waals surface area contributed by atoms with Gasteiger partial charge in [0, 0.05) is 0 Å². The summed E-state index contributed by atoms with van der Waals surface area (Å²) in [4.78, 5) is 12.5. The van der Waals surface area contributed by atoms with Gasteiger partial charge >= 0.3 is 0 Å². The molecule has 7 heteroatoms. The largest absolute Gasteiger partial charge is 0.487 e. The van der Waals surface area contributed by atoms with E-state index in [1.54, 1.807) is 24.3 Å². The van der Waals surface area contributed by atoms with Gasteiger partial charge < -0.3 is 10.1 Å². The van der Waals surface area contributed by atoms with Crippen LogP contribution in [0.3, 0.4) is 0 Å². The third-order valence-electron chi connectivity index (χ3n) is 4.04. The number of ether oxygens (including phenoxy) is 1. The fraction of sp³-hybridized carbons (Fsp3) is 0.0435. The number of rotatable bonds is 6. The molecule has 0 aliphatic carbocycles. The highest BCUT2D eigenvalue weighted by atomic mass is 127. The molecule has 3 aromatic carbocycles. The topological polar surface area (TPSA) is 62.1 Å². The number of carbonyl (C=O) groups excluding carboxylic acids is 1. The predicted octanol–water partition coefficient (Wildman–Crippen LogP) is 6.83. The van der Waals surface area contributed by atoms with Crippen LogP contribution in [0.5, 0.6) is 5.75 Å². The molecule has 3 rings (SSSR count). The van der Waals surface area contributed by atoms with E-state index in [0.717, 1.165) is 13.6 Å². The molecule has 150 valence electrons. The van der Waals surface area contributed by atoms with Crippen LogP contribution < -0.4 is 10.1 Å². The molecule has 1 amide bonds. The van der Waals surface area contributed by atoms with Crippen LogP contribution >= 0.6 is 50.1 Å². The molecular formula is C23H15BrClIN2O2. The number of carbonyl (C=O) groups is 1. The summed E-state index contributed by atoms with van der Waals surface area (Å²) in [5, 5.41) is 12.5. The first-order valence-corrected chi connectivity index (χ1v) is 11.1. The lowest BCUT2D eigenvalue weighted by Gasteiger charge is -2.12. The van der Waals surface area contributed by atoms with Crippen molar-refractivity contribution in [2.24, 2.45) is 0 Å². The van der Waals surface area contributed by atoms with E-state index < -0.39 is 5.91 Å². The molecule has 0 aliphatic rings. The Labute approximate surface area is 201 Å². The van der Waals surface area contributed by atoms with Crippen LogP contribution in [0, 0.1) is 14.9 Å². The first-order valence-electron chi connectivity index (χ1n) is 8.81. The zero-order chi connectivity index (χ0) is 21.5. The van der Waals surface area contributed by atoms with Crippen molar-refractivity contribution in [3.63, 3.8) is 0 Å². The molecular weight excluding hydrogens is 579 g/mol. The summed E-state index contributed by atoms with van der Waals surface area (Å²) >= 11 is 11.8. The smallest absolute Gasteiger partial charge is 0.266 e. The molecule has 3 aromatic rings. The van der Waals surface area contributed by atoms with Crippen LogP contribution in [0.25, 0.3) is 6.08 Å². The molecule has 0 saturated heterocycles. The molecule has 0 aliphatic heterocycles. The molecule has 0 radical (unpaired) electrons. The molecule has 0 atom stereocenters. The number of nitrogens with zero attached hydrogens (tertiary/aromatic N) is 1. The number of halogens is 3. The van der Waals surface area contributed by atoms with Crippen molar-refractivity contribution >= 4 is 67.8 Å². The number of para-hydroxylation sites is 1. The van der Waals surface area contributed by atoms with E-state index in [4.69, 9.17) is 16.3 Å². The lowest BCUT2D eigenvalue weighted by Crippen LogP contribution is -2.13. The van der Waals surface area contributed by atoms with Gasteiger partial charge in [0.25, 0.3) is 5.91 Å². The van der Waals surface area contributed by atoms with Crippen LogP contribution in [-0.2, 0) is 11.4 Å². The van der Waals surface area contributed by atoms with Gasteiger partial charge in [0.2, 0.25) is 0 Å². The van der Waals surface area contributed by atoms with E-state index in [2.05, 4.69) is 43.8 Å². The summed E-state index contributed by atoms with van der Waals surface area (Å²) in [5.74, 6) is 0.178. The average molecular weight is 594 g/mol. The summed E-state index contributed by atoms with van der Waals surface area (Å²) in [6.45, 7) is 0.439. The molecule has 1 N–H and O–H groups in total. The summed E-state index contributed by atoms with van der Waals surface area (Å²) in [6.07, 6.45) is 1.53. The summed E-state index contributed by atoms with van der Waals surface area (Å²) in [6, 6.07) is 22.3. The Balaban J connectivity index is 1.79. The maximum absolute atomic E-state index is 12.5. The second-order valence-electron chi connectivity index (χ2n) is 6.19. The predicted molar refractivity (Wildman–Crippen MR) is 131 cm³/mol. The van der Waals surface area contributed by atoms with Gasteiger partial charge in [-0.15, -0.1) is 0 Å². The van der Waals surface area contributed by atoms with Crippen molar-refractivity contribution < 1.29 is 9.53 Å². The van der Waals surface area contributed by atoms with Crippen LogP contribution in [0.15, 0.2) is 76.8 Å². The Morgan fingerprint density at radius 2 is 1.87 bits per heavy atom. The highest BCUT2D eigenvalue weighted by molar-refractivity contribution is 14.1. The highest BCUT2D eigenvalue weighted by Gasteiger charge is 2.13. The molecule has 0 aromatic heterocycles. The lowest BCUT2D eigenvalue weighted by molar-refractivity contribution is -0.112. The fourth-order valence-corrected chi connectivity index (χ4v) is 4.55. The van der Waals surface area contributed by atoms with E-state index in [-0.39, 0.29) is 5.57 Å². The van der Waals surface area contributed by atoms with Crippen molar-refractivity contribution in [1.82, 2.24) is 0 Å². The molecule has 0 unspecified atom stereocenters. The van der Waals surface area contributed by atoms with Crippen LogP contribution in [0.2, 0.25) is 5.02 Å². The summed E-state index contributed by atoms with van der Waals surface area (Å²) in [5.41, 5.74) is 2.18. The van der Waals surface area contributed by atoms with E-state index in [1.807, 2.05) is 48.5 Å². The number of anilines is 1. The first-order chi connectivity index (χ1) is 14.5. The summed E-state index contributed by atoms with van der Waals surface area (Å²) in [7, 11) is 0.